The largest absolute Gasteiger partial charge is 0.310 e. The van der Waals surface area contributed by atoms with Crippen LogP contribution in [0.3, 0.4) is 0 Å². The quantitative estimate of drug-likeness (QED) is 0.167. The molecule has 0 N–H and O–H groups in total. The van der Waals surface area contributed by atoms with Crippen molar-refractivity contribution in [2.24, 2.45) is 23.7 Å². The molecule has 2 saturated carbocycles. The van der Waals surface area contributed by atoms with Gasteiger partial charge in [-0.15, -0.1) is 0 Å². The third-order valence-electron chi connectivity index (χ3n) is 18.0. The van der Waals surface area contributed by atoms with Gasteiger partial charge in [0, 0.05) is 38.6 Å². The average Bonchev–Trinajstić information content (AvgIpc) is 3.92. The van der Waals surface area contributed by atoms with Gasteiger partial charge >= 0.3 is 0 Å². The number of aromatic nitrogens is 1. The van der Waals surface area contributed by atoms with Crippen molar-refractivity contribution in [3.8, 4) is 27.9 Å². The molecule has 0 amide bonds. The Kier molecular flexibility index (Phi) is 9.16. The van der Waals surface area contributed by atoms with Gasteiger partial charge in [0.2, 0.25) is 0 Å². The summed E-state index contributed by atoms with van der Waals surface area (Å²) >= 11 is 0. The molecule has 0 radical (unpaired) electrons. The first-order valence-corrected chi connectivity index (χ1v) is 26.4. The lowest BCUT2D eigenvalue weighted by atomic mass is 9.41. The molecule has 2 fully saturated rings. The Morgan fingerprint density at radius 1 is 0.389 bits per heavy atom. The number of para-hydroxylation sites is 2. The van der Waals surface area contributed by atoms with Crippen molar-refractivity contribution in [1.29, 1.82) is 0 Å². The third kappa shape index (κ3) is 5.72. The highest BCUT2D eigenvalue weighted by atomic mass is 15.1. The number of anilines is 3. The zero-order valence-electron chi connectivity index (χ0n) is 41.0. The molecule has 10 aromatic carbocycles. The van der Waals surface area contributed by atoms with E-state index >= 15 is 0 Å². The third-order valence-corrected chi connectivity index (χ3v) is 18.0. The summed E-state index contributed by atoms with van der Waals surface area (Å²) < 4.78 is 2.40. The molecule has 346 valence electrons. The summed E-state index contributed by atoms with van der Waals surface area (Å²) in [6.07, 6.45) is 5.09. The minimum atomic E-state index is -0.483. The van der Waals surface area contributed by atoms with Crippen LogP contribution in [-0.2, 0) is 10.8 Å². The predicted octanol–water partition coefficient (Wildman–Crippen LogP) is 18.1. The highest BCUT2D eigenvalue weighted by Gasteiger charge is 2.62. The van der Waals surface area contributed by atoms with Gasteiger partial charge in [0.1, 0.15) is 0 Å². The normalized spacial score (nSPS) is 21.1. The molecule has 15 rings (SSSR count). The molecule has 0 atom stereocenters. The first-order chi connectivity index (χ1) is 35.5. The lowest BCUT2D eigenvalue weighted by molar-refractivity contribution is 0.0238. The zero-order valence-corrected chi connectivity index (χ0v) is 41.0. The van der Waals surface area contributed by atoms with Crippen molar-refractivity contribution in [1.82, 2.24) is 4.57 Å². The van der Waals surface area contributed by atoms with E-state index in [0.29, 0.717) is 11.8 Å². The molecule has 0 saturated heterocycles. The molecular formula is C70H56N2. The maximum absolute atomic E-state index is 2.66. The van der Waals surface area contributed by atoms with E-state index in [-0.39, 0.29) is 5.41 Å². The van der Waals surface area contributed by atoms with Crippen molar-refractivity contribution < 1.29 is 0 Å². The SMILES string of the molecule is C[C@H]1C[C@@H]2C[C@@H](C)C[C@H](C1)C21c2ccccc2C2(c3ccccc3-c3ccccc32)c2cc(N(c3ccc(-c4ccc(-n5c6ccccc6c6ccccc65)cc4)cc3)c3cccc4ccccc34)ccc21. The molecule has 2 nitrogen and oxygen atoms in total. The number of rotatable bonds is 5. The second-order valence-corrected chi connectivity index (χ2v) is 21.8. The maximum Gasteiger partial charge on any atom is 0.0720 e. The van der Waals surface area contributed by atoms with Crippen LogP contribution in [-0.4, -0.2) is 4.57 Å². The van der Waals surface area contributed by atoms with Gasteiger partial charge in [0.15, 0.2) is 0 Å². The molecular weight excluding hydrogens is 869 g/mol. The molecule has 2 heteroatoms. The number of hydrogen-bond acceptors (Lipinski definition) is 1. The summed E-state index contributed by atoms with van der Waals surface area (Å²) in [5, 5.41) is 5.03. The lowest BCUT2D eigenvalue weighted by Gasteiger charge is -2.61. The van der Waals surface area contributed by atoms with Crippen molar-refractivity contribution in [2.45, 2.75) is 50.4 Å². The standard InChI is InChI=1S/C70H56N2/c1-45-40-50-42-46(2)43-51(41-45)69(50)62-25-11-12-26-63(62)70(60-23-9-5-19-56(60)57-20-6-10-24-61(57)70)65-44-54(38-39-64(65)69)71(66-29-15-17-49-16-3-4-18-55(49)66)52-34-30-47(31-35-52)48-32-36-53(37-33-48)72-67-27-13-7-21-58(67)59-22-8-14-28-68(59)72/h3-39,44-46,50-51H,40-43H2,1-2H3/t45-,46+,50+,51-,69?. The minimum absolute atomic E-state index is 0.0653. The fourth-order valence-corrected chi connectivity index (χ4v) is 15.5. The van der Waals surface area contributed by atoms with Crippen molar-refractivity contribution >= 4 is 49.6 Å². The van der Waals surface area contributed by atoms with Crippen molar-refractivity contribution in [3.63, 3.8) is 0 Å². The minimum Gasteiger partial charge on any atom is -0.310 e. The van der Waals surface area contributed by atoms with Crippen LogP contribution in [0.1, 0.15) is 72.9 Å². The average molecular weight is 925 g/mol. The van der Waals surface area contributed by atoms with Crippen molar-refractivity contribution in [2.75, 3.05) is 4.90 Å². The Morgan fingerprint density at radius 3 is 1.49 bits per heavy atom. The topological polar surface area (TPSA) is 8.17 Å². The summed E-state index contributed by atoms with van der Waals surface area (Å²) in [5.74, 6) is 2.59. The monoisotopic (exact) mass is 924 g/mol. The first kappa shape index (κ1) is 41.8. The van der Waals surface area contributed by atoms with Crippen LogP contribution in [0.2, 0.25) is 0 Å². The number of benzene rings is 10. The fraction of sp³-hybridized carbons (Fsp3) is 0.171. The Bertz CT molecular complexity index is 3810. The Hall–Kier alpha value is -7.94. The lowest BCUT2D eigenvalue weighted by Crippen LogP contribution is -2.56. The van der Waals surface area contributed by atoms with E-state index in [9.17, 15) is 0 Å². The number of hydrogen-bond donors (Lipinski definition) is 0. The van der Waals surface area contributed by atoms with Crippen LogP contribution in [0.5, 0.6) is 0 Å². The summed E-state index contributed by atoms with van der Waals surface area (Å²) in [6, 6.07) is 87.9. The van der Waals surface area contributed by atoms with Crippen LogP contribution in [0.15, 0.2) is 231 Å². The van der Waals surface area contributed by atoms with Gasteiger partial charge in [-0.05, 0) is 165 Å². The summed E-state index contributed by atoms with van der Waals surface area (Å²) in [5.41, 5.74) is 20.6. The summed E-state index contributed by atoms with van der Waals surface area (Å²) in [4.78, 5) is 2.55. The fourth-order valence-electron chi connectivity index (χ4n) is 15.5. The highest BCUT2D eigenvalue weighted by Crippen LogP contribution is 2.69. The molecule has 1 aromatic heterocycles. The van der Waals surface area contributed by atoms with Gasteiger partial charge in [-0.1, -0.05) is 190 Å². The van der Waals surface area contributed by atoms with E-state index in [4.69, 9.17) is 0 Å². The van der Waals surface area contributed by atoms with Crippen LogP contribution in [0.4, 0.5) is 17.1 Å². The second kappa shape index (κ2) is 15.8. The highest BCUT2D eigenvalue weighted by molar-refractivity contribution is 6.09. The molecule has 72 heavy (non-hydrogen) atoms. The van der Waals surface area contributed by atoms with Gasteiger partial charge < -0.3 is 9.47 Å². The molecule has 0 unspecified atom stereocenters. The van der Waals surface area contributed by atoms with Gasteiger partial charge in [0.25, 0.3) is 0 Å². The van der Waals surface area contributed by atoms with E-state index in [2.05, 4.69) is 254 Å². The molecule has 1 heterocycles. The molecule has 0 aliphatic heterocycles. The van der Waals surface area contributed by atoms with E-state index in [1.807, 2.05) is 0 Å². The van der Waals surface area contributed by atoms with Crippen LogP contribution >= 0.6 is 0 Å². The molecule has 4 aliphatic rings. The maximum atomic E-state index is 2.66. The van der Waals surface area contributed by atoms with E-state index in [1.54, 1.807) is 11.1 Å². The van der Waals surface area contributed by atoms with Gasteiger partial charge in [-0.2, -0.15) is 0 Å². The van der Waals surface area contributed by atoms with Gasteiger partial charge in [0.05, 0.1) is 22.1 Å². The van der Waals surface area contributed by atoms with E-state index < -0.39 is 5.41 Å². The molecule has 4 aliphatic carbocycles. The smallest absolute Gasteiger partial charge is 0.0720 e. The Balaban J connectivity index is 0.933. The summed E-state index contributed by atoms with van der Waals surface area (Å²) in [6.45, 7) is 5.06. The summed E-state index contributed by atoms with van der Waals surface area (Å²) in [7, 11) is 0. The van der Waals surface area contributed by atoms with Gasteiger partial charge in [-0.25, -0.2) is 0 Å². The number of fused-ring (bicyclic) bond motifs is 13. The zero-order chi connectivity index (χ0) is 47.7. The predicted molar refractivity (Wildman–Crippen MR) is 300 cm³/mol. The van der Waals surface area contributed by atoms with E-state index in [0.717, 1.165) is 23.2 Å². The van der Waals surface area contributed by atoms with E-state index in [1.165, 1.54) is 114 Å². The van der Waals surface area contributed by atoms with Crippen LogP contribution in [0, 0.1) is 23.7 Å². The molecule has 2 spiro atoms. The van der Waals surface area contributed by atoms with Gasteiger partial charge in [-0.3, -0.25) is 0 Å². The number of nitrogens with zero attached hydrogens (tertiary/aromatic N) is 2. The van der Waals surface area contributed by atoms with Crippen molar-refractivity contribution in [3.05, 3.63) is 264 Å². The molecule has 2 bridgehead atoms. The second-order valence-electron chi connectivity index (χ2n) is 21.8. The Labute approximate surface area is 422 Å². The molecule has 11 aromatic rings. The first-order valence-electron chi connectivity index (χ1n) is 26.4. The Morgan fingerprint density at radius 2 is 0.861 bits per heavy atom. The van der Waals surface area contributed by atoms with Crippen LogP contribution < -0.4 is 4.90 Å². The van der Waals surface area contributed by atoms with Crippen LogP contribution in [0.25, 0.3) is 60.5 Å².